The van der Waals surface area contributed by atoms with E-state index in [0.29, 0.717) is 0 Å². The van der Waals surface area contributed by atoms with Crippen molar-refractivity contribution in [2.75, 3.05) is 7.11 Å². The lowest BCUT2D eigenvalue weighted by Crippen LogP contribution is -2.28. The van der Waals surface area contributed by atoms with Crippen LogP contribution in [0.5, 0.6) is 11.5 Å². The van der Waals surface area contributed by atoms with Crippen LogP contribution in [0.1, 0.15) is 11.6 Å². The van der Waals surface area contributed by atoms with Gasteiger partial charge in [-0.05, 0) is 43.5 Å². The molecule has 0 aromatic heterocycles. The molecule has 0 unspecified atom stereocenters. The van der Waals surface area contributed by atoms with E-state index in [0.717, 1.165) is 6.07 Å². The van der Waals surface area contributed by atoms with Gasteiger partial charge in [-0.3, -0.25) is 0 Å². The summed E-state index contributed by atoms with van der Waals surface area (Å²) in [5.41, 5.74) is 4.88. The van der Waals surface area contributed by atoms with Gasteiger partial charge in [-0.2, -0.15) is 13.2 Å². The molecule has 9 heteroatoms. The zero-order valence-corrected chi connectivity index (χ0v) is 12.9. The molecule has 0 heterocycles. The third-order valence-corrected chi connectivity index (χ3v) is 4.24. The fourth-order valence-electron chi connectivity index (χ4n) is 1.17. The van der Waals surface area contributed by atoms with Gasteiger partial charge in [0.05, 0.1) is 11.6 Å². The van der Waals surface area contributed by atoms with Gasteiger partial charge in [-0.15, -0.1) is 12.4 Å². The molecule has 0 aliphatic heterocycles. The summed E-state index contributed by atoms with van der Waals surface area (Å²) < 4.78 is 42.4. The van der Waals surface area contributed by atoms with Crippen LogP contribution in [0.3, 0.4) is 0 Å². The first-order chi connectivity index (χ1) is 7.70. The number of nitrogens with two attached hydrogens (primary N) is 1. The molecule has 1 rings (SSSR count). The highest BCUT2D eigenvalue weighted by atomic mass is 79.9. The Balaban J connectivity index is 0.00000289. The Kier molecular flexibility index (Phi) is 6.25. The largest absolute Gasteiger partial charge is 0.503 e. The minimum atomic E-state index is -4.58. The Hall–Kier alpha value is -0.180. The summed E-state index contributed by atoms with van der Waals surface area (Å²) in [5.74, 6) is -0.382. The maximum Gasteiger partial charge on any atom is 0.407 e. The fourth-order valence-corrected chi connectivity index (χ4v) is 2.14. The van der Waals surface area contributed by atoms with E-state index in [1.54, 1.807) is 0 Å². The highest BCUT2D eigenvalue weighted by Crippen LogP contribution is 2.45. The first kappa shape index (κ1) is 17.8. The first-order valence-electron chi connectivity index (χ1n) is 4.27. The molecule has 0 spiro atoms. The molecule has 0 saturated carbocycles. The van der Waals surface area contributed by atoms with Crippen molar-refractivity contribution >= 4 is 44.3 Å². The number of ether oxygens (including phenoxy) is 1. The molecule has 0 aliphatic rings. The molecule has 0 radical (unpaired) electrons. The van der Waals surface area contributed by atoms with Gasteiger partial charge in [0, 0.05) is 4.47 Å². The van der Waals surface area contributed by atoms with E-state index < -0.39 is 12.2 Å². The molecule has 104 valence electrons. The molecule has 0 bridgehead atoms. The van der Waals surface area contributed by atoms with Crippen LogP contribution in [-0.4, -0.2) is 18.4 Å². The van der Waals surface area contributed by atoms with Gasteiger partial charge in [-0.25, -0.2) is 0 Å². The molecule has 3 nitrogen and oxygen atoms in total. The number of halogens is 6. The van der Waals surface area contributed by atoms with E-state index in [1.165, 1.54) is 7.11 Å². The minimum Gasteiger partial charge on any atom is -0.503 e. The van der Waals surface area contributed by atoms with Crippen molar-refractivity contribution in [1.82, 2.24) is 0 Å². The summed E-state index contributed by atoms with van der Waals surface area (Å²) in [4.78, 5) is 0. The summed E-state index contributed by atoms with van der Waals surface area (Å²) in [7, 11) is 1.23. The molecule has 0 fully saturated rings. The molecular weight excluding hydrogens is 406 g/mol. The maximum absolute atomic E-state index is 12.5. The molecule has 1 aromatic carbocycles. The van der Waals surface area contributed by atoms with Crippen LogP contribution in [0.2, 0.25) is 0 Å². The van der Waals surface area contributed by atoms with E-state index in [2.05, 4.69) is 31.9 Å². The number of alkyl halides is 3. The summed E-state index contributed by atoms with van der Waals surface area (Å²) in [6, 6.07) is -1.12. The van der Waals surface area contributed by atoms with Gasteiger partial charge in [0.25, 0.3) is 0 Å². The smallest absolute Gasteiger partial charge is 0.407 e. The van der Waals surface area contributed by atoms with Crippen LogP contribution in [0.4, 0.5) is 13.2 Å². The number of phenols is 1. The first-order valence-corrected chi connectivity index (χ1v) is 5.85. The van der Waals surface area contributed by atoms with Crippen LogP contribution in [-0.2, 0) is 0 Å². The summed E-state index contributed by atoms with van der Waals surface area (Å²) in [6.07, 6.45) is -4.58. The maximum atomic E-state index is 12.5. The zero-order valence-electron chi connectivity index (χ0n) is 8.89. The van der Waals surface area contributed by atoms with Gasteiger partial charge in [-0.1, -0.05) is 0 Å². The van der Waals surface area contributed by atoms with Crippen molar-refractivity contribution in [3.05, 3.63) is 20.6 Å². The number of rotatable bonds is 2. The zero-order chi connectivity index (χ0) is 13.4. The highest BCUT2D eigenvalue weighted by Gasteiger charge is 2.39. The molecule has 3 N–H and O–H groups in total. The second-order valence-electron chi connectivity index (χ2n) is 3.16. The number of methoxy groups -OCH3 is 1. The second kappa shape index (κ2) is 6.31. The lowest BCUT2D eigenvalue weighted by Gasteiger charge is -2.19. The molecule has 0 saturated heterocycles. The van der Waals surface area contributed by atoms with Crippen LogP contribution in [0, 0.1) is 0 Å². The minimum absolute atomic E-state index is 0. The van der Waals surface area contributed by atoms with E-state index in [-0.39, 0.29) is 38.4 Å². The molecular formula is C9H9Br2ClF3NO2. The normalized spacial score (nSPS) is 12.8. The van der Waals surface area contributed by atoms with Crippen molar-refractivity contribution in [2.45, 2.75) is 12.2 Å². The quantitative estimate of drug-likeness (QED) is 0.770. The molecule has 0 amide bonds. The summed E-state index contributed by atoms with van der Waals surface area (Å²) >= 11 is 5.90. The van der Waals surface area contributed by atoms with Crippen molar-refractivity contribution in [3.63, 3.8) is 0 Å². The van der Waals surface area contributed by atoms with Crippen molar-refractivity contribution < 1.29 is 23.0 Å². The summed E-state index contributed by atoms with van der Waals surface area (Å²) in [6.45, 7) is 0. The standard InChI is InChI=1S/C9H8Br2F3NO2.ClH/c1-17-4-2-3(8(15)9(12,13)14)5(10)6(11)7(4)16;/h2,8,16H,15H2,1H3;1H/t8-;/m0./s1. The van der Waals surface area contributed by atoms with E-state index in [1.807, 2.05) is 0 Å². The Morgan fingerprint density at radius 3 is 2.22 bits per heavy atom. The molecule has 1 atom stereocenters. The number of hydrogen-bond donors (Lipinski definition) is 2. The summed E-state index contributed by atoms with van der Waals surface area (Å²) in [5, 5.41) is 9.56. The van der Waals surface area contributed by atoms with Crippen molar-refractivity contribution in [1.29, 1.82) is 0 Å². The van der Waals surface area contributed by atoms with Crippen LogP contribution in [0.15, 0.2) is 15.0 Å². The van der Waals surface area contributed by atoms with Crippen LogP contribution < -0.4 is 10.5 Å². The number of aromatic hydroxyl groups is 1. The molecule has 18 heavy (non-hydrogen) atoms. The Morgan fingerprint density at radius 2 is 1.83 bits per heavy atom. The number of phenolic OH excluding ortho intramolecular Hbond substituents is 1. The fraction of sp³-hybridized carbons (Fsp3) is 0.333. The third-order valence-electron chi connectivity index (χ3n) is 2.08. The highest BCUT2D eigenvalue weighted by molar-refractivity contribution is 9.13. The monoisotopic (exact) mass is 413 g/mol. The predicted molar refractivity (Wildman–Crippen MR) is 70.3 cm³/mol. The van der Waals surface area contributed by atoms with Crippen LogP contribution >= 0.6 is 44.3 Å². The van der Waals surface area contributed by atoms with Gasteiger partial charge in [0.15, 0.2) is 11.5 Å². The lowest BCUT2D eigenvalue weighted by atomic mass is 10.1. The number of hydrogen-bond acceptors (Lipinski definition) is 3. The van der Waals surface area contributed by atoms with Crippen LogP contribution in [0.25, 0.3) is 0 Å². The Labute approximate surface area is 124 Å². The Bertz CT molecular complexity index is 443. The van der Waals surface area contributed by atoms with Crippen molar-refractivity contribution in [2.24, 2.45) is 5.73 Å². The SMILES string of the molecule is COc1cc([C@H](N)C(F)(F)F)c(Br)c(Br)c1O.Cl. The van der Waals surface area contributed by atoms with Gasteiger partial charge < -0.3 is 15.6 Å². The van der Waals surface area contributed by atoms with E-state index >= 15 is 0 Å². The average Bonchev–Trinajstić information content (AvgIpc) is 2.24. The predicted octanol–water partition coefficient (Wildman–Crippen LogP) is 3.91. The molecule has 1 aromatic rings. The van der Waals surface area contributed by atoms with E-state index in [4.69, 9.17) is 10.5 Å². The van der Waals surface area contributed by atoms with Gasteiger partial charge in [0.2, 0.25) is 0 Å². The number of benzene rings is 1. The second-order valence-corrected chi connectivity index (χ2v) is 4.75. The average molecular weight is 415 g/mol. The Morgan fingerprint density at radius 1 is 1.33 bits per heavy atom. The van der Waals surface area contributed by atoms with E-state index in [9.17, 15) is 18.3 Å². The molecule has 0 aliphatic carbocycles. The van der Waals surface area contributed by atoms with Gasteiger partial charge in [0.1, 0.15) is 6.04 Å². The van der Waals surface area contributed by atoms with Gasteiger partial charge >= 0.3 is 6.18 Å². The lowest BCUT2D eigenvalue weighted by molar-refractivity contribution is -0.149. The third kappa shape index (κ3) is 3.43. The topological polar surface area (TPSA) is 55.5 Å². The van der Waals surface area contributed by atoms with Crippen molar-refractivity contribution in [3.8, 4) is 11.5 Å².